The number of nitrogens with zero attached hydrogens (tertiary/aromatic N) is 6. The summed E-state index contributed by atoms with van der Waals surface area (Å²) >= 11 is 0. The molecule has 1 aliphatic rings. The van der Waals surface area contributed by atoms with Crippen molar-refractivity contribution in [1.82, 2.24) is 34.9 Å². The Morgan fingerprint density at radius 1 is 1.03 bits per heavy atom. The predicted molar refractivity (Wildman–Crippen MR) is 126 cm³/mol. The molecule has 0 saturated heterocycles. The van der Waals surface area contributed by atoms with Gasteiger partial charge in [-0.1, -0.05) is 6.08 Å². The van der Waals surface area contributed by atoms with E-state index in [-0.39, 0.29) is 0 Å². The third-order valence-electron chi connectivity index (χ3n) is 5.54. The lowest BCUT2D eigenvalue weighted by atomic mass is 10.1. The summed E-state index contributed by atoms with van der Waals surface area (Å²) in [6.07, 6.45) is 7.05. The largest absolute Gasteiger partial charge is 0.457 e. The van der Waals surface area contributed by atoms with Crippen LogP contribution in [0.25, 0.3) is 22.3 Å². The van der Waals surface area contributed by atoms with Crippen LogP contribution >= 0.6 is 0 Å². The maximum Gasteiger partial charge on any atom is 0.160 e. The van der Waals surface area contributed by atoms with E-state index in [0.717, 1.165) is 52.5 Å². The van der Waals surface area contributed by atoms with E-state index in [1.165, 1.54) is 11.9 Å². The quantitative estimate of drug-likeness (QED) is 0.428. The molecule has 0 spiro atoms. The third kappa shape index (κ3) is 3.74. The Labute approximate surface area is 189 Å². The van der Waals surface area contributed by atoms with Crippen molar-refractivity contribution in [3.63, 3.8) is 0 Å². The topological polar surface area (TPSA) is 102 Å². The monoisotopic (exact) mass is 436 g/mol. The normalized spacial score (nSPS) is 13.4. The molecule has 5 aromatic rings. The summed E-state index contributed by atoms with van der Waals surface area (Å²) < 4.78 is 7.77. The highest BCUT2D eigenvalue weighted by atomic mass is 16.5. The molecule has 0 atom stereocenters. The van der Waals surface area contributed by atoms with Gasteiger partial charge < -0.3 is 15.4 Å². The van der Waals surface area contributed by atoms with Crippen molar-refractivity contribution in [3.05, 3.63) is 78.6 Å². The molecule has 0 aliphatic carbocycles. The average molecular weight is 436 g/mol. The van der Waals surface area contributed by atoms with Gasteiger partial charge in [0.1, 0.15) is 29.7 Å². The van der Waals surface area contributed by atoms with Crippen molar-refractivity contribution in [2.45, 2.75) is 6.92 Å². The summed E-state index contributed by atoms with van der Waals surface area (Å²) in [7, 11) is 0. The molecule has 9 heteroatoms. The first-order valence-electron chi connectivity index (χ1n) is 10.6. The van der Waals surface area contributed by atoms with Crippen molar-refractivity contribution in [2.75, 3.05) is 18.4 Å². The molecule has 0 fully saturated rings. The fourth-order valence-corrected chi connectivity index (χ4v) is 3.85. The highest BCUT2D eigenvalue weighted by Crippen LogP contribution is 2.30. The van der Waals surface area contributed by atoms with Crippen LogP contribution in [0.15, 0.2) is 67.4 Å². The SMILES string of the molecule is Cc1cc(Nc2ncnc3ccc(C4=CCNC4)nc23)ccc1Oc1ccn2ncnc2c1. The summed E-state index contributed by atoms with van der Waals surface area (Å²) in [5.41, 5.74) is 6.27. The van der Waals surface area contributed by atoms with E-state index in [1.807, 2.05) is 55.6 Å². The van der Waals surface area contributed by atoms with Gasteiger partial charge in [0.2, 0.25) is 0 Å². The minimum atomic E-state index is 0.665. The predicted octanol–water partition coefficient (Wildman–Crippen LogP) is 3.90. The number of anilines is 2. The summed E-state index contributed by atoms with van der Waals surface area (Å²) in [5, 5.41) is 10.8. The Hall–Kier alpha value is -4.37. The van der Waals surface area contributed by atoms with Crippen LogP contribution in [0.2, 0.25) is 0 Å². The molecule has 0 unspecified atom stereocenters. The number of hydrogen-bond donors (Lipinski definition) is 2. The van der Waals surface area contributed by atoms with E-state index in [0.29, 0.717) is 11.6 Å². The Bertz CT molecular complexity index is 1520. The molecular weight excluding hydrogens is 416 g/mol. The van der Waals surface area contributed by atoms with Crippen molar-refractivity contribution < 1.29 is 4.74 Å². The number of fused-ring (bicyclic) bond motifs is 2. The Balaban J connectivity index is 1.27. The van der Waals surface area contributed by atoms with Crippen LogP contribution in [0, 0.1) is 6.92 Å². The number of rotatable bonds is 5. The summed E-state index contributed by atoms with van der Waals surface area (Å²) in [6.45, 7) is 3.69. The zero-order valence-corrected chi connectivity index (χ0v) is 17.9. The second-order valence-electron chi connectivity index (χ2n) is 7.78. The first-order valence-corrected chi connectivity index (χ1v) is 10.6. The molecule has 5 heterocycles. The van der Waals surface area contributed by atoms with Crippen molar-refractivity contribution >= 4 is 33.8 Å². The Kier molecular flexibility index (Phi) is 4.66. The second-order valence-corrected chi connectivity index (χ2v) is 7.78. The number of pyridine rings is 2. The second kappa shape index (κ2) is 7.95. The van der Waals surface area contributed by atoms with E-state index < -0.39 is 0 Å². The van der Waals surface area contributed by atoms with Crippen LogP contribution in [-0.4, -0.2) is 42.6 Å². The number of ether oxygens (including phenoxy) is 1. The first-order chi connectivity index (χ1) is 16.2. The minimum absolute atomic E-state index is 0.665. The lowest BCUT2D eigenvalue weighted by Gasteiger charge is -2.13. The molecule has 2 N–H and O–H groups in total. The van der Waals surface area contributed by atoms with Gasteiger partial charge in [-0.15, -0.1) is 0 Å². The van der Waals surface area contributed by atoms with Crippen LogP contribution in [0.1, 0.15) is 11.3 Å². The Morgan fingerprint density at radius 2 is 2.00 bits per heavy atom. The molecule has 4 aromatic heterocycles. The van der Waals surface area contributed by atoms with Crippen LogP contribution in [0.5, 0.6) is 11.5 Å². The molecule has 1 aromatic carbocycles. The van der Waals surface area contributed by atoms with Crippen molar-refractivity contribution in [3.8, 4) is 11.5 Å². The van der Waals surface area contributed by atoms with Crippen molar-refractivity contribution in [2.24, 2.45) is 0 Å². The molecule has 0 amide bonds. The molecule has 0 radical (unpaired) electrons. The lowest BCUT2D eigenvalue weighted by Crippen LogP contribution is -2.08. The smallest absolute Gasteiger partial charge is 0.160 e. The van der Waals surface area contributed by atoms with Gasteiger partial charge in [0.15, 0.2) is 11.5 Å². The van der Waals surface area contributed by atoms with E-state index >= 15 is 0 Å². The van der Waals surface area contributed by atoms with E-state index in [9.17, 15) is 0 Å². The van der Waals surface area contributed by atoms with Gasteiger partial charge in [-0.3, -0.25) is 0 Å². The third-order valence-corrected chi connectivity index (χ3v) is 5.54. The van der Waals surface area contributed by atoms with Crippen LogP contribution in [0.4, 0.5) is 11.5 Å². The summed E-state index contributed by atoms with van der Waals surface area (Å²) in [4.78, 5) is 17.8. The number of benzene rings is 1. The number of nitrogens with one attached hydrogen (secondary N) is 2. The fraction of sp³-hybridized carbons (Fsp3) is 0.125. The molecule has 0 saturated carbocycles. The maximum absolute atomic E-state index is 6.08. The van der Waals surface area contributed by atoms with E-state index in [4.69, 9.17) is 9.72 Å². The Morgan fingerprint density at radius 3 is 2.88 bits per heavy atom. The molecule has 33 heavy (non-hydrogen) atoms. The average Bonchev–Trinajstić information content (AvgIpc) is 3.53. The van der Waals surface area contributed by atoms with Gasteiger partial charge >= 0.3 is 0 Å². The maximum atomic E-state index is 6.08. The highest BCUT2D eigenvalue weighted by Gasteiger charge is 2.12. The highest BCUT2D eigenvalue weighted by molar-refractivity contribution is 5.88. The van der Waals surface area contributed by atoms with E-state index in [1.54, 1.807) is 10.8 Å². The molecule has 6 rings (SSSR count). The molecule has 162 valence electrons. The van der Waals surface area contributed by atoms with Crippen molar-refractivity contribution in [1.29, 1.82) is 0 Å². The number of aromatic nitrogens is 6. The zero-order valence-electron chi connectivity index (χ0n) is 17.9. The molecule has 9 nitrogen and oxygen atoms in total. The molecular formula is C24H20N8O. The van der Waals surface area contributed by atoms with Gasteiger partial charge in [-0.2, -0.15) is 5.10 Å². The van der Waals surface area contributed by atoms with Gasteiger partial charge in [0.05, 0.1) is 11.2 Å². The number of hydrogen-bond acceptors (Lipinski definition) is 8. The van der Waals surface area contributed by atoms with Crippen LogP contribution in [-0.2, 0) is 0 Å². The van der Waals surface area contributed by atoms with Crippen LogP contribution < -0.4 is 15.4 Å². The molecule has 0 bridgehead atoms. The van der Waals surface area contributed by atoms with Gasteiger partial charge in [0.25, 0.3) is 0 Å². The van der Waals surface area contributed by atoms with Gasteiger partial charge in [0, 0.05) is 31.0 Å². The minimum Gasteiger partial charge on any atom is -0.457 e. The van der Waals surface area contributed by atoms with Crippen LogP contribution in [0.3, 0.4) is 0 Å². The fourth-order valence-electron chi connectivity index (χ4n) is 3.85. The summed E-state index contributed by atoms with van der Waals surface area (Å²) in [6, 6.07) is 13.6. The molecule has 1 aliphatic heterocycles. The zero-order chi connectivity index (χ0) is 22.2. The first kappa shape index (κ1) is 19.3. The van der Waals surface area contributed by atoms with Gasteiger partial charge in [-0.05, 0) is 54.5 Å². The summed E-state index contributed by atoms with van der Waals surface area (Å²) in [5.74, 6) is 2.13. The number of aryl methyl sites for hydroxylation is 1. The van der Waals surface area contributed by atoms with Gasteiger partial charge in [-0.25, -0.2) is 24.5 Å². The van der Waals surface area contributed by atoms with E-state index in [2.05, 4.69) is 36.8 Å². The lowest BCUT2D eigenvalue weighted by molar-refractivity contribution is 0.478. The standard InChI is InChI=1S/C24H20N8O/c1-15-10-17(2-5-21(15)33-18-7-9-32-22(11-18)27-14-29-32)30-24-23-20(26-13-28-24)4-3-19(31-23)16-6-8-25-12-16/h2-7,9-11,13-14,25H,8,12H2,1H3,(H,26,28,30).